The Kier molecular flexibility index (Phi) is 7.39. The van der Waals surface area contributed by atoms with Crippen LogP contribution in [0.1, 0.15) is 40.1 Å². The zero-order valence-electron chi connectivity index (χ0n) is 19.5. The van der Waals surface area contributed by atoms with Crippen LogP contribution in [0, 0.1) is 0 Å². The maximum atomic E-state index is 12.9. The van der Waals surface area contributed by atoms with Gasteiger partial charge in [-0.2, -0.15) is 0 Å². The minimum absolute atomic E-state index is 0.0183. The summed E-state index contributed by atoms with van der Waals surface area (Å²) in [4.78, 5) is 11.7. The number of nitrogens with one attached hydrogen (secondary N) is 2. The van der Waals surface area contributed by atoms with Crippen molar-refractivity contribution in [1.82, 2.24) is 5.32 Å². The summed E-state index contributed by atoms with van der Waals surface area (Å²) in [5.41, 5.74) is 2.98. The Balaban J connectivity index is 1.44. The third-order valence-electron chi connectivity index (χ3n) is 5.82. The van der Waals surface area contributed by atoms with E-state index in [1.165, 1.54) is 13.2 Å². The van der Waals surface area contributed by atoms with Crippen LogP contribution in [0.25, 0.3) is 0 Å². The van der Waals surface area contributed by atoms with Crippen LogP contribution in [0.3, 0.4) is 0 Å². The molecular formula is C26H28N2O6S. The van der Waals surface area contributed by atoms with Crippen molar-refractivity contribution in [3.8, 4) is 5.75 Å². The number of methoxy groups -OCH3 is 1. The Morgan fingerprint density at radius 3 is 2.66 bits per heavy atom. The van der Waals surface area contributed by atoms with E-state index in [2.05, 4.69) is 10.0 Å². The lowest BCUT2D eigenvalue weighted by atomic mass is 10.0. The molecule has 1 heterocycles. The predicted molar refractivity (Wildman–Crippen MR) is 132 cm³/mol. The third kappa shape index (κ3) is 6.00. The van der Waals surface area contributed by atoms with Crippen LogP contribution in [-0.4, -0.2) is 39.2 Å². The number of hydrogen-bond acceptors (Lipinski definition) is 7. The molecule has 8 nitrogen and oxygen atoms in total. The van der Waals surface area contributed by atoms with Gasteiger partial charge in [0.1, 0.15) is 12.4 Å². The van der Waals surface area contributed by atoms with Gasteiger partial charge in [-0.3, -0.25) is 4.72 Å². The summed E-state index contributed by atoms with van der Waals surface area (Å²) < 4.78 is 39.0. The summed E-state index contributed by atoms with van der Waals surface area (Å²) in [7, 11) is -2.48. The number of aliphatic hydroxyl groups is 1. The molecule has 0 amide bonds. The number of hydrogen-bond donors (Lipinski definition) is 3. The first-order valence-corrected chi connectivity index (χ1v) is 12.7. The Bertz CT molecular complexity index is 1310. The van der Waals surface area contributed by atoms with Gasteiger partial charge < -0.3 is 19.9 Å². The van der Waals surface area contributed by atoms with Gasteiger partial charge in [-0.15, -0.1) is 0 Å². The van der Waals surface area contributed by atoms with Crippen molar-refractivity contribution in [2.24, 2.45) is 0 Å². The van der Waals surface area contributed by atoms with Gasteiger partial charge in [-0.25, -0.2) is 13.2 Å². The molecule has 0 spiro atoms. The van der Waals surface area contributed by atoms with E-state index in [1.807, 2.05) is 19.1 Å². The number of anilines is 1. The van der Waals surface area contributed by atoms with Gasteiger partial charge in [-0.1, -0.05) is 30.3 Å². The quantitative estimate of drug-likeness (QED) is 0.430. The van der Waals surface area contributed by atoms with E-state index in [4.69, 9.17) is 9.47 Å². The first-order chi connectivity index (χ1) is 16.7. The zero-order chi connectivity index (χ0) is 25.0. The van der Waals surface area contributed by atoms with Crippen LogP contribution >= 0.6 is 0 Å². The van der Waals surface area contributed by atoms with Crippen molar-refractivity contribution in [3.63, 3.8) is 0 Å². The molecule has 2 unspecified atom stereocenters. The molecule has 3 aromatic rings. The normalized spacial score (nSPS) is 15.7. The Morgan fingerprint density at radius 1 is 1.14 bits per heavy atom. The fourth-order valence-corrected chi connectivity index (χ4v) is 5.07. The molecule has 35 heavy (non-hydrogen) atoms. The maximum absolute atomic E-state index is 12.9. The molecule has 0 radical (unpaired) electrons. The van der Waals surface area contributed by atoms with Crippen molar-refractivity contribution in [2.45, 2.75) is 37.0 Å². The molecule has 3 N–H and O–H groups in total. The number of sulfonamides is 1. The first kappa shape index (κ1) is 24.7. The number of aliphatic hydroxyl groups excluding tert-OH is 1. The van der Waals surface area contributed by atoms with Gasteiger partial charge >= 0.3 is 5.97 Å². The minimum atomic E-state index is -3.83. The van der Waals surface area contributed by atoms with Gasteiger partial charge in [0.05, 0.1) is 29.4 Å². The summed E-state index contributed by atoms with van der Waals surface area (Å²) in [5.74, 6) is 0.120. The van der Waals surface area contributed by atoms with E-state index >= 15 is 0 Å². The molecular weight excluding hydrogens is 468 g/mol. The largest absolute Gasteiger partial charge is 0.489 e. The first-order valence-electron chi connectivity index (χ1n) is 11.2. The highest BCUT2D eigenvalue weighted by Crippen LogP contribution is 2.31. The Labute approximate surface area is 205 Å². The molecule has 4 bridgehead atoms. The molecule has 2 atom stereocenters. The van der Waals surface area contributed by atoms with Crippen LogP contribution in [0.4, 0.5) is 5.69 Å². The fraction of sp³-hybridized carbons (Fsp3) is 0.269. The van der Waals surface area contributed by atoms with Crippen molar-refractivity contribution in [2.75, 3.05) is 18.4 Å². The van der Waals surface area contributed by atoms with E-state index in [-0.39, 0.29) is 35.7 Å². The van der Waals surface area contributed by atoms with Crippen molar-refractivity contribution < 1.29 is 27.8 Å². The Hall–Kier alpha value is -3.40. The highest BCUT2D eigenvalue weighted by molar-refractivity contribution is 7.92. The number of rotatable bonds is 7. The van der Waals surface area contributed by atoms with E-state index < -0.39 is 16.1 Å². The second kappa shape index (κ2) is 10.5. The molecule has 0 saturated heterocycles. The molecule has 3 aromatic carbocycles. The van der Waals surface area contributed by atoms with Gasteiger partial charge in [0, 0.05) is 24.2 Å². The van der Waals surface area contributed by atoms with Crippen LogP contribution < -0.4 is 14.8 Å². The monoisotopic (exact) mass is 496 g/mol. The molecule has 0 fully saturated rings. The molecule has 1 aliphatic heterocycles. The predicted octanol–water partition coefficient (Wildman–Crippen LogP) is 3.42. The highest BCUT2D eigenvalue weighted by Gasteiger charge is 2.22. The summed E-state index contributed by atoms with van der Waals surface area (Å²) in [6.45, 7) is 2.44. The summed E-state index contributed by atoms with van der Waals surface area (Å²) in [5, 5.41) is 14.2. The van der Waals surface area contributed by atoms with E-state index in [9.17, 15) is 18.3 Å². The van der Waals surface area contributed by atoms with Crippen molar-refractivity contribution in [3.05, 3.63) is 89.0 Å². The molecule has 1 aliphatic rings. The SMILES string of the molecule is COC(=O)c1ccc(CC(C)NCC(O)c2ccc3cc2NS(=O)(=O)c2cccc(c2)CO3)cc1. The number of benzene rings is 3. The van der Waals surface area contributed by atoms with Crippen molar-refractivity contribution in [1.29, 1.82) is 0 Å². The van der Waals surface area contributed by atoms with E-state index in [0.29, 0.717) is 23.3 Å². The lowest BCUT2D eigenvalue weighted by molar-refractivity contribution is 0.0600. The molecule has 0 aliphatic carbocycles. The van der Waals surface area contributed by atoms with Crippen LogP contribution in [0.2, 0.25) is 0 Å². The van der Waals surface area contributed by atoms with Crippen LogP contribution in [0.15, 0.2) is 71.6 Å². The molecule has 184 valence electrons. The minimum Gasteiger partial charge on any atom is -0.489 e. The molecule has 0 aromatic heterocycles. The standard InChI is InChI=1S/C26H28N2O6S/c1-17(12-18-6-8-20(9-7-18)26(30)33-2)27-15-25(29)23-11-10-21-14-24(23)28-35(31,32)22-5-3-4-19(13-22)16-34-21/h3-11,13-14,17,25,27-29H,12,15-16H2,1-2H3. The van der Waals surface area contributed by atoms with Gasteiger partial charge in [0.15, 0.2) is 0 Å². The summed E-state index contributed by atoms with van der Waals surface area (Å²) in [6.07, 6.45) is -0.281. The zero-order valence-corrected chi connectivity index (χ0v) is 20.3. The lowest BCUT2D eigenvalue weighted by Gasteiger charge is -2.22. The topological polar surface area (TPSA) is 114 Å². The second-order valence-corrected chi connectivity index (χ2v) is 10.2. The summed E-state index contributed by atoms with van der Waals surface area (Å²) in [6, 6.07) is 18.7. The van der Waals surface area contributed by atoms with Gasteiger partial charge in [0.2, 0.25) is 0 Å². The smallest absolute Gasteiger partial charge is 0.337 e. The third-order valence-corrected chi connectivity index (χ3v) is 7.18. The molecule has 0 saturated carbocycles. The van der Waals surface area contributed by atoms with E-state index in [0.717, 1.165) is 11.1 Å². The summed E-state index contributed by atoms with van der Waals surface area (Å²) >= 11 is 0. The molecule has 9 heteroatoms. The average Bonchev–Trinajstić information content (AvgIpc) is 2.85. The van der Waals surface area contributed by atoms with Crippen molar-refractivity contribution >= 4 is 21.7 Å². The molecule has 4 rings (SSSR count). The van der Waals surface area contributed by atoms with Gasteiger partial charge in [0.25, 0.3) is 10.0 Å². The number of fused-ring (bicyclic) bond motifs is 4. The number of carbonyl (C=O) groups excluding carboxylic acids is 1. The number of ether oxygens (including phenoxy) is 2. The second-order valence-electron chi connectivity index (χ2n) is 8.51. The van der Waals surface area contributed by atoms with E-state index in [1.54, 1.807) is 48.5 Å². The van der Waals surface area contributed by atoms with Gasteiger partial charge in [-0.05, 0) is 54.8 Å². The lowest BCUT2D eigenvalue weighted by Crippen LogP contribution is -2.32. The number of carbonyl (C=O) groups is 1. The van der Waals surface area contributed by atoms with Crippen LogP contribution in [-0.2, 0) is 27.8 Å². The maximum Gasteiger partial charge on any atom is 0.337 e. The highest BCUT2D eigenvalue weighted by atomic mass is 32.2. The number of esters is 1. The fourth-order valence-electron chi connectivity index (χ4n) is 3.92. The average molecular weight is 497 g/mol. The Morgan fingerprint density at radius 2 is 1.91 bits per heavy atom. The van der Waals surface area contributed by atoms with Crippen LogP contribution in [0.5, 0.6) is 5.75 Å².